The Morgan fingerprint density at radius 2 is 2.04 bits per heavy atom. The Morgan fingerprint density at radius 3 is 2.75 bits per heavy atom. The minimum absolute atomic E-state index is 0.0146. The fraction of sp³-hybridized carbons (Fsp3) is 0.500. The number of hydrogen-bond donors (Lipinski definition) is 1. The first-order valence-corrected chi connectivity index (χ1v) is 8.86. The molecule has 1 aromatic carbocycles. The number of nitrogens with zero attached hydrogens (tertiary/aromatic N) is 1. The van der Waals surface area contributed by atoms with E-state index >= 15 is 0 Å². The molecule has 0 aromatic heterocycles. The maximum absolute atomic E-state index is 12.4. The fourth-order valence-electron chi connectivity index (χ4n) is 2.84. The lowest BCUT2D eigenvalue weighted by atomic mass is 10.0. The predicted octanol–water partition coefficient (Wildman–Crippen LogP) is 3.24. The maximum Gasteiger partial charge on any atom is 0.222 e. The zero-order valence-corrected chi connectivity index (χ0v) is 14.7. The number of hydrogen-bond acceptors (Lipinski definition) is 2. The van der Waals surface area contributed by atoms with Gasteiger partial charge in [0.15, 0.2) is 0 Å². The van der Waals surface area contributed by atoms with E-state index in [1.54, 1.807) is 0 Å². The molecule has 0 spiro atoms. The summed E-state index contributed by atoms with van der Waals surface area (Å²) in [5.74, 6) is 0.232. The van der Waals surface area contributed by atoms with Crippen molar-refractivity contribution in [2.24, 2.45) is 5.92 Å². The van der Waals surface area contributed by atoms with Crippen molar-refractivity contribution >= 4 is 17.9 Å². The molecule has 4 heteroatoms. The van der Waals surface area contributed by atoms with Gasteiger partial charge < -0.3 is 10.2 Å². The molecule has 1 heterocycles. The van der Waals surface area contributed by atoms with Crippen molar-refractivity contribution in [3.05, 3.63) is 42.0 Å². The van der Waals surface area contributed by atoms with Gasteiger partial charge in [-0.3, -0.25) is 9.59 Å². The van der Waals surface area contributed by atoms with Gasteiger partial charge in [0, 0.05) is 31.5 Å². The number of carbonyl (C=O) groups excluding carboxylic acids is 2. The van der Waals surface area contributed by atoms with Crippen molar-refractivity contribution in [1.82, 2.24) is 10.2 Å². The van der Waals surface area contributed by atoms with Gasteiger partial charge in [0.25, 0.3) is 0 Å². The van der Waals surface area contributed by atoms with Crippen LogP contribution in [0.1, 0.15) is 45.1 Å². The maximum atomic E-state index is 12.4. The Bertz CT molecular complexity index is 566. The molecule has 0 aliphatic carbocycles. The Balaban J connectivity index is 1.75. The van der Waals surface area contributed by atoms with E-state index in [0.29, 0.717) is 13.0 Å². The third kappa shape index (κ3) is 5.84. The Kier molecular flexibility index (Phi) is 7.04. The summed E-state index contributed by atoms with van der Waals surface area (Å²) >= 11 is 0. The quantitative estimate of drug-likeness (QED) is 0.871. The molecule has 1 aliphatic rings. The summed E-state index contributed by atoms with van der Waals surface area (Å²) in [5.41, 5.74) is 1.15. The number of benzene rings is 1. The number of nitrogens with one attached hydrogen (secondary N) is 1. The van der Waals surface area contributed by atoms with Gasteiger partial charge in [-0.25, -0.2) is 0 Å². The highest BCUT2D eigenvalue weighted by molar-refractivity contribution is 5.79. The minimum Gasteiger partial charge on any atom is -0.351 e. The molecular weight excluding hydrogens is 300 g/mol. The number of carbonyl (C=O) groups is 2. The molecule has 1 N–H and O–H groups in total. The van der Waals surface area contributed by atoms with E-state index in [1.165, 1.54) is 0 Å². The van der Waals surface area contributed by atoms with Gasteiger partial charge in [-0.15, -0.1) is 0 Å². The largest absolute Gasteiger partial charge is 0.351 e. The SMILES string of the molecule is CC(C)C(=O)N[C@@H]1CCCN(C(=O)CC/C=C\c2ccccc2)C1. The van der Waals surface area contributed by atoms with Crippen molar-refractivity contribution in [3.63, 3.8) is 0 Å². The summed E-state index contributed by atoms with van der Waals surface area (Å²) in [4.78, 5) is 26.1. The topological polar surface area (TPSA) is 49.4 Å². The summed E-state index contributed by atoms with van der Waals surface area (Å²) in [6.45, 7) is 5.22. The van der Waals surface area contributed by atoms with E-state index in [4.69, 9.17) is 0 Å². The first-order valence-electron chi connectivity index (χ1n) is 8.86. The number of piperidine rings is 1. The van der Waals surface area contributed by atoms with Crippen LogP contribution >= 0.6 is 0 Å². The molecule has 2 rings (SSSR count). The summed E-state index contributed by atoms with van der Waals surface area (Å²) in [5, 5.41) is 3.05. The average molecular weight is 328 g/mol. The van der Waals surface area contributed by atoms with E-state index in [1.807, 2.05) is 49.1 Å². The van der Waals surface area contributed by atoms with E-state index in [2.05, 4.69) is 17.5 Å². The van der Waals surface area contributed by atoms with E-state index in [-0.39, 0.29) is 23.8 Å². The minimum atomic E-state index is -0.0146. The molecule has 0 unspecified atom stereocenters. The number of likely N-dealkylation sites (tertiary alicyclic amines) is 1. The van der Waals surface area contributed by atoms with Crippen molar-refractivity contribution < 1.29 is 9.59 Å². The van der Waals surface area contributed by atoms with Gasteiger partial charge in [-0.2, -0.15) is 0 Å². The molecule has 1 atom stereocenters. The summed E-state index contributed by atoms with van der Waals surface area (Å²) in [6.07, 6.45) is 7.27. The van der Waals surface area contributed by atoms with Crippen LogP contribution in [0, 0.1) is 5.92 Å². The third-order valence-electron chi connectivity index (χ3n) is 4.28. The normalized spacial score (nSPS) is 18.1. The van der Waals surface area contributed by atoms with Crippen LogP contribution in [0.2, 0.25) is 0 Å². The van der Waals surface area contributed by atoms with Crippen LogP contribution in [-0.2, 0) is 9.59 Å². The van der Waals surface area contributed by atoms with Crippen LogP contribution in [0.4, 0.5) is 0 Å². The van der Waals surface area contributed by atoms with E-state index < -0.39 is 0 Å². The molecule has 2 amide bonds. The number of amides is 2. The second-order valence-electron chi connectivity index (χ2n) is 6.69. The second kappa shape index (κ2) is 9.26. The van der Waals surface area contributed by atoms with Gasteiger partial charge in [0.2, 0.25) is 11.8 Å². The van der Waals surface area contributed by atoms with Crippen LogP contribution in [0.25, 0.3) is 6.08 Å². The Morgan fingerprint density at radius 1 is 1.29 bits per heavy atom. The summed E-state index contributed by atoms with van der Waals surface area (Å²) in [6, 6.07) is 10.2. The molecule has 1 aliphatic heterocycles. The molecule has 0 bridgehead atoms. The second-order valence-corrected chi connectivity index (χ2v) is 6.69. The smallest absolute Gasteiger partial charge is 0.222 e. The lowest BCUT2D eigenvalue weighted by Crippen LogP contribution is -2.50. The zero-order valence-electron chi connectivity index (χ0n) is 14.7. The summed E-state index contributed by atoms with van der Waals surface area (Å²) < 4.78 is 0. The van der Waals surface area contributed by atoms with Crippen LogP contribution in [0.5, 0.6) is 0 Å². The first-order chi connectivity index (χ1) is 11.6. The molecule has 1 fully saturated rings. The van der Waals surface area contributed by atoms with E-state index in [9.17, 15) is 9.59 Å². The summed E-state index contributed by atoms with van der Waals surface area (Å²) in [7, 11) is 0. The lowest BCUT2D eigenvalue weighted by Gasteiger charge is -2.33. The molecule has 1 aromatic rings. The van der Waals surface area contributed by atoms with Gasteiger partial charge >= 0.3 is 0 Å². The third-order valence-corrected chi connectivity index (χ3v) is 4.28. The van der Waals surface area contributed by atoms with Crippen LogP contribution in [0.3, 0.4) is 0 Å². The van der Waals surface area contributed by atoms with Crippen molar-refractivity contribution in [3.8, 4) is 0 Å². The lowest BCUT2D eigenvalue weighted by molar-refractivity contribution is -0.134. The molecule has 130 valence electrons. The first kappa shape index (κ1) is 18.2. The number of allylic oxidation sites excluding steroid dienone is 1. The van der Waals surface area contributed by atoms with Gasteiger partial charge in [-0.05, 0) is 24.8 Å². The molecule has 1 saturated heterocycles. The van der Waals surface area contributed by atoms with E-state index in [0.717, 1.165) is 31.4 Å². The predicted molar refractivity (Wildman–Crippen MR) is 97.3 cm³/mol. The average Bonchev–Trinajstić information content (AvgIpc) is 2.59. The number of rotatable bonds is 6. The highest BCUT2D eigenvalue weighted by atomic mass is 16.2. The highest BCUT2D eigenvalue weighted by Gasteiger charge is 2.24. The van der Waals surface area contributed by atoms with Gasteiger partial charge in [0.05, 0.1) is 0 Å². The van der Waals surface area contributed by atoms with Crippen molar-refractivity contribution in [1.29, 1.82) is 0 Å². The van der Waals surface area contributed by atoms with Gasteiger partial charge in [0.1, 0.15) is 0 Å². The van der Waals surface area contributed by atoms with Crippen molar-refractivity contribution in [2.75, 3.05) is 13.1 Å². The van der Waals surface area contributed by atoms with Crippen LogP contribution in [-0.4, -0.2) is 35.8 Å². The van der Waals surface area contributed by atoms with Crippen LogP contribution in [0.15, 0.2) is 36.4 Å². The van der Waals surface area contributed by atoms with Crippen molar-refractivity contribution in [2.45, 2.75) is 45.6 Å². The molecule has 24 heavy (non-hydrogen) atoms. The zero-order chi connectivity index (χ0) is 17.4. The van der Waals surface area contributed by atoms with Gasteiger partial charge in [-0.1, -0.05) is 56.3 Å². The molecular formula is C20H28N2O2. The Hall–Kier alpha value is -2.10. The fourth-order valence-corrected chi connectivity index (χ4v) is 2.84. The molecule has 4 nitrogen and oxygen atoms in total. The molecule has 0 radical (unpaired) electrons. The highest BCUT2D eigenvalue weighted by Crippen LogP contribution is 2.13. The van der Waals surface area contributed by atoms with Crippen LogP contribution < -0.4 is 5.32 Å². The Labute approximate surface area is 144 Å². The monoisotopic (exact) mass is 328 g/mol. The standard InChI is InChI=1S/C20H28N2O2/c1-16(2)20(24)21-18-12-8-14-22(15-18)19(23)13-7-6-11-17-9-4-3-5-10-17/h3-6,9-11,16,18H,7-8,12-15H2,1-2H3,(H,21,24)/b11-6-/t18-/m1/s1. The molecule has 0 saturated carbocycles.